The molecule has 1 aliphatic carbocycles. The third kappa shape index (κ3) is 1.11. The molecule has 0 radical (unpaired) electrons. The van der Waals surface area contributed by atoms with Crippen molar-refractivity contribution in [3.05, 3.63) is 23.2 Å². The van der Waals surface area contributed by atoms with Crippen molar-refractivity contribution in [2.24, 2.45) is 0 Å². The van der Waals surface area contributed by atoms with Crippen LogP contribution in [0.4, 0.5) is 0 Å². The topological polar surface area (TPSA) is 33.1 Å². The molecule has 1 fully saturated rings. The van der Waals surface area contributed by atoms with Gasteiger partial charge in [-0.1, -0.05) is 0 Å². The predicted molar refractivity (Wildman–Crippen MR) is 53.3 cm³/mol. The van der Waals surface area contributed by atoms with E-state index in [2.05, 4.69) is 4.98 Å². The number of rotatable bonds is 1. The van der Waals surface area contributed by atoms with Crippen LogP contribution in [0.3, 0.4) is 0 Å². The van der Waals surface area contributed by atoms with E-state index in [-0.39, 0.29) is 0 Å². The fourth-order valence-electron chi connectivity index (χ4n) is 1.63. The lowest BCUT2D eigenvalue weighted by molar-refractivity contribution is 0.469. The van der Waals surface area contributed by atoms with E-state index in [4.69, 9.17) is 0 Å². The number of hydrogen-bond acceptors (Lipinski definition) is 3. The second kappa shape index (κ2) is 2.45. The SMILES string of the molecule is Oc1cc2scnc2cc1C1CC1. The highest BCUT2D eigenvalue weighted by Gasteiger charge is 2.26. The molecule has 0 amide bonds. The van der Waals surface area contributed by atoms with Crippen LogP contribution < -0.4 is 0 Å². The molecule has 0 aliphatic heterocycles. The van der Waals surface area contributed by atoms with E-state index >= 15 is 0 Å². The number of aromatic hydroxyl groups is 1. The fourth-order valence-corrected chi connectivity index (χ4v) is 2.32. The summed E-state index contributed by atoms with van der Waals surface area (Å²) in [5, 5.41) is 9.72. The highest BCUT2D eigenvalue weighted by molar-refractivity contribution is 7.16. The maximum atomic E-state index is 9.72. The molecule has 0 saturated heterocycles. The third-order valence-corrected chi connectivity index (χ3v) is 3.29. The summed E-state index contributed by atoms with van der Waals surface area (Å²) < 4.78 is 1.07. The highest BCUT2D eigenvalue weighted by Crippen LogP contribution is 2.45. The van der Waals surface area contributed by atoms with Crippen LogP contribution in [0.25, 0.3) is 10.2 Å². The Bertz CT molecular complexity index is 459. The van der Waals surface area contributed by atoms with Crippen molar-refractivity contribution >= 4 is 21.6 Å². The van der Waals surface area contributed by atoms with Crippen molar-refractivity contribution in [2.75, 3.05) is 0 Å². The minimum Gasteiger partial charge on any atom is -0.508 e. The summed E-state index contributed by atoms with van der Waals surface area (Å²) >= 11 is 1.57. The molecule has 1 aromatic carbocycles. The Kier molecular flexibility index (Phi) is 1.38. The lowest BCUT2D eigenvalue weighted by Crippen LogP contribution is -1.80. The van der Waals surface area contributed by atoms with Gasteiger partial charge in [-0.2, -0.15) is 0 Å². The summed E-state index contributed by atoms with van der Waals surface area (Å²) in [4.78, 5) is 4.24. The van der Waals surface area contributed by atoms with Crippen LogP contribution in [0, 0.1) is 0 Å². The largest absolute Gasteiger partial charge is 0.508 e. The standard InChI is InChI=1S/C10H9NOS/c12-9-4-10-8(11-5-13-10)3-7(9)6-1-2-6/h3-6,12H,1-2H2. The number of fused-ring (bicyclic) bond motifs is 1. The zero-order valence-corrected chi connectivity index (χ0v) is 7.84. The molecule has 1 N–H and O–H groups in total. The molecule has 13 heavy (non-hydrogen) atoms. The van der Waals surface area contributed by atoms with Gasteiger partial charge in [0.1, 0.15) is 5.75 Å². The van der Waals surface area contributed by atoms with Crippen LogP contribution in [0.1, 0.15) is 24.3 Å². The number of benzene rings is 1. The third-order valence-electron chi connectivity index (χ3n) is 2.50. The van der Waals surface area contributed by atoms with Crippen molar-refractivity contribution < 1.29 is 5.11 Å². The number of phenols is 1. The maximum Gasteiger partial charge on any atom is 0.120 e. The Hall–Kier alpha value is -1.09. The number of phenolic OH excluding ortho intramolecular Hbond substituents is 1. The van der Waals surface area contributed by atoms with E-state index in [9.17, 15) is 5.11 Å². The van der Waals surface area contributed by atoms with E-state index in [1.807, 2.05) is 17.6 Å². The first-order valence-electron chi connectivity index (χ1n) is 4.41. The summed E-state index contributed by atoms with van der Waals surface area (Å²) in [7, 11) is 0. The number of thiazole rings is 1. The molecule has 0 bridgehead atoms. The molecular weight excluding hydrogens is 182 g/mol. The maximum absolute atomic E-state index is 9.72. The van der Waals surface area contributed by atoms with Crippen molar-refractivity contribution in [1.29, 1.82) is 0 Å². The monoisotopic (exact) mass is 191 g/mol. The molecule has 0 unspecified atom stereocenters. The molecule has 66 valence electrons. The van der Waals surface area contributed by atoms with Crippen molar-refractivity contribution in [1.82, 2.24) is 4.98 Å². The Labute approximate surface area is 79.9 Å². The van der Waals surface area contributed by atoms with Gasteiger partial charge in [0.15, 0.2) is 0 Å². The summed E-state index contributed by atoms with van der Waals surface area (Å²) in [6, 6.07) is 3.86. The molecule has 1 heterocycles. The average Bonchev–Trinajstić information content (AvgIpc) is 2.85. The number of aromatic nitrogens is 1. The van der Waals surface area contributed by atoms with Gasteiger partial charge in [0.05, 0.1) is 15.7 Å². The lowest BCUT2D eigenvalue weighted by atomic mass is 10.1. The summed E-state index contributed by atoms with van der Waals surface area (Å²) in [5.41, 5.74) is 3.92. The summed E-state index contributed by atoms with van der Waals surface area (Å²) in [5.74, 6) is 1.03. The molecule has 3 rings (SSSR count). The minimum absolute atomic E-state index is 0.444. The molecule has 1 aliphatic rings. The molecule has 2 aromatic rings. The Morgan fingerprint density at radius 1 is 1.38 bits per heavy atom. The van der Waals surface area contributed by atoms with Crippen LogP contribution in [-0.2, 0) is 0 Å². The molecule has 3 heteroatoms. The molecule has 1 aromatic heterocycles. The predicted octanol–water partition coefficient (Wildman–Crippen LogP) is 2.88. The summed E-state index contributed by atoms with van der Waals surface area (Å²) in [6.45, 7) is 0. The van der Waals surface area contributed by atoms with Crippen molar-refractivity contribution in [2.45, 2.75) is 18.8 Å². The molecule has 2 nitrogen and oxygen atoms in total. The fraction of sp³-hybridized carbons (Fsp3) is 0.300. The van der Waals surface area contributed by atoms with Crippen LogP contribution in [-0.4, -0.2) is 10.1 Å². The second-order valence-electron chi connectivity index (χ2n) is 3.51. The van der Waals surface area contributed by atoms with Gasteiger partial charge in [-0.15, -0.1) is 11.3 Å². The van der Waals surface area contributed by atoms with Gasteiger partial charge < -0.3 is 5.11 Å². The molecular formula is C10H9NOS. The van der Waals surface area contributed by atoms with Crippen LogP contribution in [0.2, 0.25) is 0 Å². The minimum atomic E-state index is 0.444. The normalized spacial score (nSPS) is 16.6. The van der Waals surface area contributed by atoms with Crippen molar-refractivity contribution in [3.8, 4) is 5.75 Å². The van der Waals surface area contributed by atoms with Gasteiger partial charge in [0.2, 0.25) is 0 Å². The Balaban J connectivity index is 2.27. The van der Waals surface area contributed by atoms with Crippen molar-refractivity contribution in [3.63, 3.8) is 0 Å². The first kappa shape index (κ1) is 7.33. The summed E-state index contributed by atoms with van der Waals surface area (Å²) in [6.07, 6.45) is 2.42. The number of nitrogens with zero attached hydrogens (tertiary/aromatic N) is 1. The Morgan fingerprint density at radius 2 is 2.23 bits per heavy atom. The highest BCUT2D eigenvalue weighted by atomic mass is 32.1. The van der Waals surface area contributed by atoms with E-state index < -0.39 is 0 Å². The van der Waals surface area contributed by atoms with Gasteiger partial charge in [-0.25, -0.2) is 4.98 Å². The smallest absolute Gasteiger partial charge is 0.120 e. The van der Waals surface area contributed by atoms with Crippen LogP contribution in [0.5, 0.6) is 5.75 Å². The molecule has 0 atom stereocenters. The first-order chi connectivity index (χ1) is 6.34. The van der Waals surface area contributed by atoms with Gasteiger partial charge in [0, 0.05) is 0 Å². The van der Waals surface area contributed by atoms with Gasteiger partial charge >= 0.3 is 0 Å². The molecule has 1 saturated carbocycles. The average molecular weight is 191 g/mol. The zero-order chi connectivity index (χ0) is 8.84. The van der Waals surface area contributed by atoms with Gasteiger partial charge in [0.25, 0.3) is 0 Å². The Morgan fingerprint density at radius 3 is 3.00 bits per heavy atom. The van der Waals surface area contributed by atoms with E-state index in [1.54, 1.807) is 11.3 Å². The quantitative estimate of drug-likeness (QED) is 0.751. The van der Waals surface area contributed by atoms with Crippen LogP contribution in [0.15, 0.2) is 17.6 Å². The zero-order valence-electron chi connectivity index (χ0n) is 7.03. The first-order valence-corrected chi connectivity index (χ1v) is 5.28. The second-order valence-corrected chi connectivity index (χ2v) is 4.39. The number of hydrogen-bond donors (Lipinski definition) is 1. The van der Waals surface area contributed by atoms with E-state index in [0.717, 1.165) is 15.8 Å². The van der Waals surface area contributed by atoms with Gasteiger partial charge in [-0.3, -0.25) is 0 Å². The van der Waals surface area contributed by atoms with E-state index in [0.29, 0.717) is 11.7 Å². The van der Waals surface area contributed by atoms with E-state index in [1.165, 1.54) is 12.8 Å². The lowest BCUT2D eigenvalue weighted by Gasteiger charge is -2.01. The molecule has 0 spiro atoms. The van der Waals surface area contributed by atoms with Crippen LogP contribution >= 0.6 is 11.3 Å². The van der Waals surface area contributed by atoms with Gasteiger partial charge in [-0.05, 0) is 36.5 Å².